The van der Waals surface area contributed by atoms with Gasteiger partial charge in [-0.25, -0.2) is 0 Å². The van der Waals surface area contributed by atoms with Crippen molar-refractivity contribution < 1.29 is 0 Å². The van der Waals surface area contributed by atoms with E-state index in [0.29, 0.717) is 12.1 Å². The minimum absolute atomic E-state index is 0.535. The second-order valence-corrected chi connectivity index (χ2v) is 4.21. The van der Waals surface area contributed by atoms with E-state index in [0.717, 1.165) is 0 Å². The second kappa shape index (κ2) is 4.14. The summed E-state index contributed by atoms with van der Waals surface area (Å²) in [5.41, 5.74) is 3.02. The third-order valence-corrected chi connectivity index (χ3v) is 3.14. The third-order valence-electron chi connectivity index (χ3n) is 3.14. The summed E-state index contributed by atoms with van der Waals surface area (Å²) in [5, 5.41) is 3.65. The predicted octanol–water partition coefficient (Wildman–Crippen LogP) is 3.58. The van der Waals surface area contributed by atoms with E-state index in [2.05, 4.69) is 43.4 Å². The SMILES string of the molecule is CCCCC1NC(C)c2ccccc21. The van der Waals surface area contributed by atoms with E-state index in [1.165, 1.54) is 30.4 Å². The molecule has 0 fully saturated rings. The summed E-state index contributed by atoms with van der Waals surface area (Å²) < 4.78 is 0. The number of unbranched alkanes of at least 4 members (excludes halogenated alkanes) is 1. The first kappa shape index (κ1) is 9.72. The Morgan fingerprint density at radius 1 is 1.21 bits per heavy atom. The Bertz CT molecular complexity index is 306. The lowest BCUT2D eigenvalue weighted by Crippen LogP contribution is -2.15. The fourth-order valence-corrected chi connectivity index (χ4v) is 2.35. The van der Waals surface area contributed by atoms with Gasteiger partial charge in [0.15, 0.2) is 0 Å². The van der Waals surface area contributed by atoms with Gasteiger partial charge in [-0.15, -0.1) is 0 Å². The Morgan fingerprint density at radius 2 is 1.93 bits per heavy atom. The van der Waals surface area contributed by atoms with Gasteiger partial charge in [0.1, 0.15) is 0 Å². The van der Waals surface area contributed by atoms with E-state index >= 15 is 0 Å². The zero-order valence-corrected chi connectivity index (χ0v) is 9.09. The molecule has 2 unspecified atom stereocenters. The van der Waals surface area contributed by atoms with Gasteiger partial charge >= 0.3 is 0 Å². The number of nitrogens with one attached hydrogen (secondary N) is 1. The first-order valence-corrected chi connectivity index (χ1v) is 5.67. The molecular weight excluding hydrogens is 170 g/mol. The van der Waals surface area contributed by atoms with E-state index in [-0.39, 0.29) is 0 Å². The van der Waals surface area contributed by atoms with Crippen LogP contribution in [0.15, 0.2) is 24.3 Å². The summed E-state index contributed by atoms with van der Waals surface area (Å²) in [7, 11) is 0. The topological polar surface area (TPSA) is 12.0 Å². The molecule has 2 rings (SSSR count). The van der Waals surface area contributed by atoms with Crippen molar-refractivity contribution in [2.24, 2.45) is 0 Å². The molecule has 0 amide bonds. The quantitative estimate of drug-likeness (QED) is 0.766. The lowest BCUT2D eigenvalue weighted by molar-refractivity contribution is 0.477. The van der Waals surface area contributed by atoms with Gasteiger partial charge in [0.05, 0.1) is 0 Å². The third kappa shape index (κ3) is 1.69. The molecule has 1 aromatic rings. The molecule has 1 N–H and O–H groups in total. The highest BCUT2D eigenvalue weighted by Gasteiger charge is 2.25. The Kier molecular flexibility index (Phi) is 2.87. The standard InChI is InChI=1S/C13H19N/c1-3-4-9-13-12-8-6-5-7-11(12)10(2)14-13/h5-8,10,13-14H,3-4,9H2,1-2H3. The number of hydrogen-bond acceptors (Lipinski definition) is 1. The molecule has 1 aliphatic heterocycles. The molecule has 0 saturated heterocycles. The van der Waals surface area contributed by atoms with Crippen LogP contribution in [0.3, 0.4) is 0 Å². The van der Waals surface area contributed by atoms with Crippen molar-refractivity contribution in [1.82, 2.24) is 5.32 Å². The number of benzene rings is 1. The maximum Gasteiger partial charge on any atom is 0.0329 e. The molecule has 1 heteroatoms. The van der Waals surface area contributed by atoms with Crippen LogP contribution in [0, 0.1) is 0 Å². The normalized spacial score (nSPS) is 25.0. The van der Waals surface area contributed by atoms with E-state index < -0.39 is 0 Å². The minimum atomic E-state index is 0.535. The van der Waals surface area contributed by atoms with Crippen LogP contribution in [-0.2, 0) is 0 Å². The van der Waals surface area contributed by atoms with Crippen LogP contribution < -0.4 is 5.32 Å². The molecule has 76 valence electrons. The van der Waals surface area contributed by atoms with Crippen LogP contribution in [0.2, 0.25) is 0 Å². The number of hydrogen-bond donors (Lipinski definition) is 1. The van der Waals surface area contributed by atoms with Gasteiger partial charge in [0.25, 0.3) is 0 Å². The van der Waals surface area contributed by atoms with Crippen molar-refractivity contribution in [2.75, 3.05) is 0 Å². The summed E-state index contributed by atoms with van der Waals surface area (Å²) in [6, 6.07) is 9.94. The molecule has 14 heavy (non-hydrogen) atoms. The summed E-state index contributed by atoms with van der Waals surface area (Å²) in [6.45, 7) is 4.51. The fraction of sp³-hybridized carbons (Fsp3) is 0.538. The van der Waals surface area contributed by atoms with Crippen LogP contribution in [-0.4, -0.2) is 0 Å². The van der Waals surface area contributed by atoms with Crippen LogP contribution in [0.5, 0.6) is 0 Å². The average Bonchev–Trinajstić information content (AvgIpc) is 2.54. The Labute approximate surface area is 86.5 Å². The van der Waals surface area contributed by atoms with Gasteiger partial charge in [-0.2, -0.15) is 0 Å². The smallest absolute Gasteiger partial charge is 0.0329 e. The molecule has 1 aliphatic rings. The highest BCUT2D eigenvalue weighted by Crippen LogP contribution is 2.34. The molecule has 1 heterocycles. The lowest BCUT2D eigenvalue weighted by Gasteiger charge is -2.11. The molecule has 0 aromatic heterocycles. The van der Waals surface area contributed by atoms with Gasteiger partial charge in [-0.1, -0.05) is 44.0 Å². The average molecular weight is 189 g/mol. The van der Waals surface area contributed by atoms with Gasteiger partial charge in [0.2, 0.25) is 0 Å². The molecule has 0 spiro atoms. The highest BCUT2D eigenvalue weighted by atomic mass is 15.0. The van der Waals surface area contributed by atoms with Crippen molar-refractivity contribution in [3.05, 3.63) is 35.4 Å². The van der Waals surface area contributed by atoms with Gasteiger partial charge in [0, 0.05) is 12.1 Å². The summed E-state index contributed by atoms with van der Waals surface area (Å²) in [4.78, 5) is 0. The second-order valence-electron chi connectivity index (χ2n) is 4.21. The zero-order valence-electron chi connectivity index (χ0n) is 9.09. The molecule has 1 nitrogen and oxygen atoms in total. The van der Waals surface area contributed by atoms with E-state index in [1.54, 1.807) is 0 Å². The summed E-state index contributed by atoms with van der Waals surface area (Å²) in [5.74, 6) is 0. The Balaban J connectivity index is 2.17. The van der Waals surface area contributed by atoms with Crippen molar-refractivity contribution in [2.45, 2.75) is 45.2 Å². The molecule has 1 aromatic carbocycles. The molecule has 0 radical (unpaired) electrons. The van der Waals surface area contributed by atoms with Gasteiger partial charge in [-0.05, 0) is 24.5 Å². The van der Waals surface area contributed by atoms with Crippen LogP contribution in [0.1, 0.15) is 56.3 Å². The van der Waals surface area contributed by atoms with Crippen LogP contribution in [0.25, 0.3) is 0 Å². The first-order valence-electron chi connectivity index (χ1n) is 5.67. The molecule has 0 bridgehead atoms. The molecule has 2 atom stereocenters. The van der Waals surface area contributed by atoms with Crippen molar-refractivity contribution in [3.63, 3.8) is 0 Å². The van der Waals surface area contributed by atoms with Crippen molar-refractivity contribution in [3.8, 4) is 0 Å². The van der Waals surface area contributed by atoms with Crippen LogP contribution in [0.4, 0.5) is 0 Å². The van der Waals surface area contributed by atoms with E-state index in [4.69, 9.17) is 0 Å². The van der Waals surface area contributed by atoms with Gasteiger partial charge in [-0.3, -0.25) is 0 Å². The Morgan fingerprint density at radius 3 is 2.64 bits per heavy atom. The summed E-state index contributed by atoms with van der Waals surface area (Å²) >= 11 is 0. The van der Waals surface area contributed by atoms with Gasteiger partial charge < -0.3 is 5.32 Å². The maximum absolute atomic E-state index is 3.65. The largest absolute Gasteiger partial charge is 0.303 e. The van der Waals surface area contributed by atoms with E-state index in [1.807, 2.05) is 0 Å². The van der Waals surface area contributed by atoms with Crippen molar-refractivity contribution in [1.29, 1.82) is 0 Å². The molecule has 0 aliphatic carbocycles. The lowest BCUT2D eigenvalue weighted by atomic mass is 9.99. The van der Waals surface area contributed by atoms with E-state index in [9.17, 15) is 0 Å². The number of rotatable bonds is 3. The van der Waals surface area contributed by atoms with Crippen molar-refractivity contribution >= 4 is 0 Å². The Hall–Kier alpha value is -0.820. The molecule has 0 saturated carbocycles. The summed E-state index contributed by atoms with van der Waals surface area (Å²) in [6.07, 6.45) is 3.88. The minimum Gasteiger partial charge on any atom is -0.303 e. The molecular formula is C13H19N. The maximum atomic E-state index is 3.65. The fourth-order valence-electron chi connectivity index (χ4n) is 2.35. The first-order chi connectivity index (χ1) is 6.83. The highest BCUT2D eigenvalue weighted by molar-refractivity contribution is 5.36. The zero-order chi connectivity index (χ0) is 9.97. The predicted molar refractivity (Wildman–Crippen MR) is 60.3 cm³/mol. The monoisotopic (exact) mass is 189 g/mol. The van der Waals surface area contributed by atoms with Crippen LogP contribution >= 0.6 is 0 Å². The number of fused-ring (bicyclic) bond motifs is 1.